The molecule has 4 rings (SSSR count). The average molecular weight is 367 g/mol. The van der Waals surface area contributed by atoms with Gasteiger partial charge >= 0.3 is 0 Å². The van der Waals surface area contributed by atoms with E-state index in [0.29, 0.717) is 11.1 Å². The van der Waals surface area contributed by atoms with Crippen LogP contribution in [0, 0.1) is 0 Å². The summed E-state index contributed by atoms with van der Waals surface area (Å²) in [7, 11) is 2.06. The highest BCUT2D eigenvalue weighted by Gasteiger charge is 2.18. The van der Waals surface area contributed by atoms with Crippen molar-refractivity contribution in [3.63, 3.8) is 0 Å². The molecule has 0 bridgehead atoms. The van der Waals surface area contributed by atoms with Gasteiger partial charge < -0.3 is 4.57 Å². The number of hydrogen-bond acceptors (Lipinski definition) is 2. The van der Waals surface area contributed by atoms with Gasteiger partial charge in [0.15, 0.2) is 11.6 Å². The number of rotatable bonds is 4. The summed E-state index contributed by atoms with van der Waals surface area (Å²) in [6.45, 7) is 3.16. The first kappa shape index (κ1) is 17.9. The molecule has 138 valence electrons. The minimum Gasteiger partial charge on any atom is -0.343 e. The van der Waals surface area contributed by atoms with E-state index in [1.165, 1.54) is 0 Å². The number of fused-ring (bicyclic) bond motifs is 1. The smallest absolute Gasteiger partial charge is 0.159 e. The molecular formula is C25H21NO2. The van der Waals surface area contributed by atoms with Crippen LogP contribution in [-0.4, -0.2) is 16.1 Å². The molecule has 0 fully saturated rings. The number of carbonyl (C=O) groups excluding carboxylic acids is 2. The quantitative estimate of drug-likeness (QED) is 0.420. The third kappa shape index (κ3) is 2.95. The maximum Gasteiger partial charge on any atom is 0.159 e. The summed E-state index contributed by atoms with van der Waals surface area (Å²) in [6.07, 6.45) is 0. The predicted molar refractivity (Wildman–Crippen MR) is 114 cm³/mol. The van der Waals surface area contributed by atoms with E-state index in [1.54, 1.807) is 13.8 Å². The Balaban J connectivity index is 1.98. The van der Waals surface area contributed by atoms with Crippen LogP contribution < -0.4 is 0 Å². The third-order valence-corrected chi connectivity index (χ3v) is 5.25. The van der Waals surface area contributed by atoms with Crippen LogP contribution in [0.5, 0.6) is 0 Å². The largest absolute Gasteiger partial charge is 0.343 e. The molecule has 0 radical (unpaired) electrons. The Morgan fingerprint density at radius 3 is 1.71 bits per heavy atom. The first-order chi connectivity index (χ1) is 13.5. The number of aryl methyl sites for hydroxylation is 1. The van der Waals surface area contributed by atoms with Gasteiger partial charge in [0.05, 0.1) is 5.69 Å². The van der Waals surface area contributed by atoms with Gasteiger partial charge in [-0.1, -0.05) is 66.7 Å². The predicted octanol–water partition coefficient (Wildman–Crippen LogP) is 5.92. The van der Waals surface area contributed by atoms with Gasteiger partial charge in [0, 0.05) is 34.6 Å². The van der Waals surface area contributed by atoms with Crippen LogP contribution in [0.1, 0.15) is 34.6 Å². The second-order valence-electron chi connectivity index (χ2n) is 7.07. The van der Waals surface area contributed by atoms with Gasteiger partial charge in [-0.2, -0.15) is 0 Å². The van der Waals surface area contributed by atoms with Crippen LogP contribution in [0.2, 0.25) is 0 Å². The number of nitrogens with zero attached hydrogens (tertiary/aromatic N) is 1. The van der Waals surface area contributed by atoms with Gasteiger partial charge in [-0.05, 0) is 31.0 Å². The fraction of sp³-hybridized carbons (Fsp3) is 0.120. The van der Waals surface area contributed by atoms with Crippen molar-refractivity contribution in [1.82, 2.24) is 4.57 Å². The highest BCUT2D eigenvalue weighted by atomic mass is 16.1. The molecule has 28 heavy (non-hydrogen) atoms. The number of carbonyl (C=O) groups is 2. The molecule has 0 aliphatic carbocycles. The topological polar surface area (TPSA) is 39.1 Å². The van der Waals surface area contributed by atoms with Crippen molar-refractivity contribution in [3.05, 3.63) is 83.9 Å². The molecular weight excluding hydrogens is 346 g/mol. The van der Waals surface area contributed by atoms with Crippen molar-refractivity contribution in [3.8, 4) is 22.4 Å². The second kappa shape index (κ2) is 6.93. The van der Waals surface area contributed by atoms with Crippen LogP contribution in [-0.2, 0) is 7.05 Å². The molecule has 1 heterocycles. The standard InChI is InChI=1S/C25H21NO2/c1-16(27)18-8-12-20(13-9-18)24-22-6-4-5-7-23(22)26(3)25(24)21-14-10-19(11-15-21)17(2)28/h4-15H,1-3H3. The number of Topliss-reactive ketones (excluding diaryl/α,β-unsaturated/α-hetero) is 2. The zero-order valence-corrected chi connectivity index (χ0v) is 16.2. The molecule has 3 aromatic carbocycles. The molecule has 0 aliphatic heterocycles. The number of benzene rings is 3. The lowest BCUT2D eigenvalue weighted by Crippen LogP contribution is -1.95. The third-order valence-electron chi connectivity index (χ3n) is 5.25. The average Bonchev–Trinajstić information content (AvgIpc) is 3.01. The van der Waals surface area contributed by atoms with Crippen LogP contribution in [0.4, 0.5) is 0 Å². The molecule has 0 N–H and O–H groups in total. The molecule has 0 spiro atoms. The van der Waals surface area contributed by atoms with Gasteiger partial charge in [-0.3, -0.25) is 9.59 Å². The van der Waals surface area contributed by atoms with E-state index >= 15 is 0 Å². The van der Waals surface area contributed by atoms with Crippen LogP contribution in [0.15, 0.2) is 72.8 Å². The Hall–Kier alpha value is -3.46. The van der Waals surface area contributed by atoms with E-state index in [2.05, 4.69) is 23.7 Å². The molecule has 4 aromatic rings. The van der Waals surface area contributed by atoms with E-state index < -0.39 is 0 Å². The van der Waals surface area contributed by atoms with Crippen LogP contribution in [0.25, 0.3) is 33.3 Å². The van der Waals surface area contributed by atoms with Gasteiger partial charge in [0.25, 0.3) is 0 Å². The zero-order valence-electron chi connectivity index (χ0n) is 16.2. The fourth-order valence-corrected chi connectivity index (χ4v) is 3.76. The van der Waals surface area contributed by atoms with Gasteiger partial charge in [-0.25, -0.2) is 0 Å². The first-order valence-electron chi connectivity index (χ1n) is 9.27. The summed E-state index contributed by atoms with van der Waals surface area (Å²) in [6, 6.07) is 23.8. The Labute approximate surface area is 164 Å². The lowest BCUT2D eigenvalue weighted by atomic mass is 9.96. The van der Waals surface area contributed by atoms with Crippen molar-refractivity contribution >= 4 is 22.5 Å². The number of para-hydroxylation sites is 1. The van der Waals surface area contributed by atoms with Gasteiger partial charge in [0.1, 0.15) is 0 Å². The highest BCUT2D eigenvalue weighted by Crippen LogP contribution is 2.40. The van der Waals surface area contributed by atoms with E-state index in [4.69, 9.17) is 0 Å². The Kier molecular flexibility index (Phi) is 4.44. The Morgan fingerprint density at radius 1 is 0.679 bits per heavy atom. The Bertz CT molecular complexity index is 1200. The molecule has 1 aromatic heterocycles. The maximum atomic E-state index is 11.7. The van der Waals surface area contributed by atoms with Crippen molar-refractivity contribution in [1.29, 1.82) is 0 Å². The minimum absolute atomic E-state index is 0.0589. The molecule has 3 heteroatoms. The number of ketones is 2. The first-order valence-corrected chi connectivity index (χ1v) is 9.27. The lowest BCUT2D eigenvalue weighted by molar-refractivity contribution is 0.100. The summed E-state index contributed by atoms with van der Waals surface area (Å²) in [5, 5.41) is 1.16. The minimum atomic E-state index is 0.0589. The second-order valence-corrected chi connectivity index (χ2v) is 7.07. The molecule has 0 saturated carbocycles. The number of hydrogen-bond donors (Lipinski definition) is 0. The Morgan fingerprint density at radius 2 is 1.18 bits per heavy atom. The van der Waals surface area contributed by atoms with E-state index in [1.807, 2.05) is 60.7 Å². The van der Waals surface area contributed by atoms with Crippen molar-refractivity contribution in [2.45, 2.75) is 13.8 Å². The fourth-order valence-electron chi connectivity index (χ4n) is 3.76. The normalized spacial score (nSPS) is 11.0. The highest BCUT2D eigenvalue weighted by molar-refractivity contribution is 6.05. The SMILES string of the molecule is CC(=O)c1ccc(-c2c(-c3ccc(C(C)=O)cc3)n(C)c3ccccc23)cc1. The van der Waals surface area contributed by atoms with E-state index in [0.717, 1.165) is 33.3 Å². The summed E-state index contributed by atoms with van der Waals surface area (Å²) in [5.74, 6) is 0.119. The molecule has 3 nitrogen and oxygen atoms in total. The molecule has 0 atom stereocenters. The van der Waals surface area contributed by atoms with Gasteiger partial charge in [0.2, 0.25) is 0 Å². The molecule has 0 saturated heterocycles. The molecule has 0 amide bonds. The molecule has 0 aliphatic rings. The molecule has 0 unspecified atom stereocenters. The van der Waals surface area contributed by atoms with Crippen molar-refractivity contribution < 1.29 is 9.59 Å². The monoisotopic (exact) mass is 367 g/mol. The lowest BCUT2D eigenvalue weighted by Gasteiger charge is -2.10. The van der Waals surface area contributed by atoms with Crippen molar-refractivity contribution in [2.24, 2.45) is 7.05 Å². The van der Waals surface area contributed by atoms with Crippen LogP contribution >= 0.6 is 0 Å². The van der Waals surface area contributed by atoms with E-state index in [-0.39, 0.29) is 11.6 Å². The van der Waals surface area contributed by atoms with Crippen LogP contribution in [0.3, 0.4) is 0 Å². The van der Waals surface area contributed by atoms with Gasteiger partial charge in [-0.15, -0.1) is 0 Å². The summed E-state index contributed by atoms with van der Waals surface area (Å²) >= 11 is 0. The summed E-state index contributed by atoms with van der Waals surface area (Å²) in [4.78, 5) is 23.3. The number of aromatic nitrogens is 1. The summed E-state index contributed by atoms with van der Waals surface area (Å²) in [5.41, 5.74) is 6.88. The zero-order chi connectivity index (χ0) is 19.8. The summed E-state index contributed by atoms with van der Waals surface area (Å²) < 4.78 is 2.19. The van der Waals surface area contributed by atoms with E-state index in [9.17, 15) is 9.59 Å². The van der Waals surface area contributed by atoms with Crippen molar-refractivity contribution in [2.75, 3.05) is 0 Å². The maximum absolute atomic E-state index is 11.7.